The fraction of sp³-hybridized carbons (Fsp3) is 0.385. The van der Waals surface area contributed by atoms with Gasteiger partial charge >= 0.3 is 12.4 Å². The summed E-state index contributed by atoms with van der Waals surface area (Å²) in [7, 11) is 0. The molecular weight excluding hydrogens is 314 g/mol. The Morgan fingerprint density at radius 3 is 2.09 bits per heavy atom. The van der Waals surface area contributed by atoms with E-state index in [4.69, 9.17) is 11.5 Å². The van der Waals surface area contributed by atoms with Gasteiger partial charge in [-0.1, -0.05) is 24.3 Å². The molecule has 0 saturated carbocycles. The van der Waals surface area contributed by atoms with Gasteiger partial charge in [-0.25, -0.2) is 0 Å². The van der Waals surface area contributed by atoms with Crippen molar-refractivity contribution < 1.29 is 31.4 Å². The van der Waals surface area contributed by atoms with E-state index >= 15 is 0 Å². The molecule has 1 atom stereocenters. The number of benzene rings is 1. The molecule has 1 unspecified atom stereocenters. The zero-order valence-corrected chi connectivity index (χ0v) is 11.0. The van der Waals surface area contributed by atoms with Gasteiger partial charge in [-0.15, -0.1) is 0 Å². The molecule has 0 aliphatic heterocycles. The summed E-state index contributed by atoms with van der Waals surface area (Å²) >= 11 is 0. The smallest absolute Gasteiger partial charge is 0.398 e. The van der Waals surface area contributed by atoms with Crippen LogP contribution >= 0.6 is 0 Å². The predicted molar refractivity (Wildman–Crippen MR) is 67.4 cm³/mol. The topological polar surface area (TPSA) is 72.3 Å². The van der Waals surface area contributed by atoms with E-state index in [0.29, 0.717) is 0 Å². The van der Waals surface area contributed by atoms with Crippen LogP contribution in [-0.2, 0) is 5.54 Å². The number of fused-ring (bicyclic) bond motifs is 1. The Kier molecular flexibility index (Phi) is 3.50. The second-order valence-corrected chi connectivity index (χ2v) is 5.09. The van der Waals surface area contributed by atoms with Gasteiger partial charge in [-0.2, -0.15) is 26.3 Å². The third-order valence-corrected chi connectivity index (χ3v) is 3.81. The average molecular weight is 326 g/mol. The third-order valence-electron chi connectivity index (χ3n) is 3.81. The van der Waals surface area contributed by atoms with Crippen molar-refractivity contribution in [3.63, 3.8) is 0 Å². The largest absolute Gasteiger partial charge is 0.428 e. The average Bonchev–Trinajstić information content (AvgIpc) is 2.36. The highest BCUT2D eigenvalue weighted by atomic mass is 19.4. The first-order valence-electron chi connectivity index (χ1n) is 6.06. The van der Waals surface area contributed by atoms with Gasteiger partial charge in [0.2, 0.25) is 0 Å². The molecule has 122 valence electrons. The van der Waals surface area contributed by atoms with E-state index in [9.17, 15) is 31.4 Å². The van der Waals surface area contributed by atoms with Crippen LogP contribution in [0.5, 0.6) is 0 Å². The minimum absolute atomic E-state index is 0.0324. The molecule has 5 N–H and O–H groups in total. The highest BCUT2D eigenvalue weighted by molar-refractivity contribution is 5.71. The SMILES string of the molecule is Nc1cccc2c1C=CCC2(N)C(O)(C(F)(F)F)C(F)(F)F. The summed E-state index contributed by atoms with van der Waals surface area (Å²) in [6.45, 7) is 0. The molecule has 1 aliphatic rings. The number of alkyl halides is 6. The second kappa shape index (κ2) is 4.63. The van der Waals surface area contributed by atoms with Crippen molar-refractivity contribution >= 4 is 11.8 Å². The van der Waals surface area contributed by atoms with Gasteiger partial charge in [0, 0.05) is 11.3 Å². The van der Waals surface area contributed by atoms with E-state index in [1.807, 2.05) is 0 Å². The molecule has 0 saturated heterocycles. The van der Waals surface area contributed by atoms with Crippen molar-refractivity contribution in [2.24, 2.45) is 5.73 Å². The Labute approximate surface area is 121 Å². The van der Waals surface area contributed by atoms with E-state index in [1.165, 1.54) is 18.2 Å². The Morgan fingerprint density at radius 1 is 1.05 bits per heavy atom. The zero-order valence-electron chi connectivity index (χ0n) is 11.0. The normalized spacial score (nSPS) is 22.5. The Morgan fingerprint density at radius 2 is 1.59 bits per heavy atom. The molecule has 0 aromatic heterocycles. The fourth-order valence-electron chi connectivity index (χ4n) is 2.64. The third kappa shape index (κ3) is 1.99. The van der Waals surface area contributed by atoms with Gasteiger partial charge < -0.3 is 16.6 Å². The molecule has 1 aromatic carbocycles. The summed E-state index contributed by atoms with van der Waals surface area (Å²) in [4.78, 5) is 0. The number of nitrogen functional groups attached to an aromatic ring is 1. The zero-order chi connectivity index (χ0) is 17.0. The highest BCUT2D eigenvalue weighted by Crippen LogP contribution is 2.55. The minimum Gasteiger partial charge on any atom is -0.398 e. The lowest BCUT2D eigenvalue weighted by Crippen LogP contribution is -2.72. The summed E-state index contributed by atoms with van der Waals surface area (Å²) in [6, 6.07) is 3.49. The summed E-state index contributed by atoms with van der Waals surface area (Å²) < 4.78 is 78.7. The number of aliphatic hydroxyl groups is 1. The first-order valence-corrected chi connectivity index (χ1v) is 6.06. The van der Waals surface area contributed by atoms with Gasteiger partial charge in [-0.05, 0) is 18.1 Å². The maximum absolute atomic E-state index is 13.1. The van der Waals surface area contributed by atoms with Crippen LogP contribution in [0.2, 0.25) is 0 Å². The van der Waals surface area contributed by atoms with Crippen molar-refractivity contribution in [3.8, 4) is 0 Å². The molecular formula is C13H12F6N2O. The number of nitrogens with two attached hydrogens (primary N) is 2. The van der Waals surface area contributed by atoms with Crippen LogP contribution in [-0.4, -0.2) is 23.1 Å². The van der Waals surface area contributed by atoms with Gasteiger partial charge in [0.1, 0.15) is 0 Å². The summed E-state index contributed by atoms with van der Waals surface area (Å²) in [6.07, 6.45) is -10.6. The van der Waals surface area contributed by atoms with Crippen LogP contribution < -0.4 is 11.5 Å². The standard InChI is InChI=1S/C13H12F6N2O/c14-12(15,16)11(22,13(17,18)19)10(21)6-2-3-7-8(10)4-1-5-9(7)20/h1-5,22H,6,20-21H2. The number of hydrogen-bond acceptors (Lipinski definition) is 3. The Bertz CT molecular complexity index is 608. The summed E-state index contributed by atoms with van der Waals surface area (Å²) in [5.41, 5.74) is 2.21. The maximum atomic E-state index is 13.1. The molecule has 9 heteroatoms. The molecule has 1 aromatic rings. The fourth-order valence-corrected chi connectivity index (χ4v) is 2.64. The van der Waals surface area contributed by atoms with Gasteiger partial charge in [-0.3, -0.25) is 0 Å². The molecule has 0 spiro atoms. The van der Waals surface area contributed by atoms with E-state index in [2.05, 4.69) is 0 Å². The number of hydrogen-bond donors (Lipinski definition) is 3. The van der Waals surface area contributed by atoms with Crippen molar-refractivity contribution in [3.05, 3.63) is 35.4 Å². The van der Waals surface area contributed by atoms with Crippen molar-refractivity contribution in [1.29, 1.82) is 0 Å². The monoisotopic (exact) mass is 326 g/mol. The Hall–Kier alpha value is -1.74. The Balaban J connectivity index is 2.80. The van der Waals surface area contributed by atoms with Crippen LogP contribution in [0.3, 0.4) is 0 Å². The van der Waals surface area contributed by atoms with Gasteiger partial charge in [0.25, 0.3) is 5.60 Å². The predicted octanol–water partition coefficient (Wildman–Crippen LogP) is 2.70. The van der Waals surface area contributed by atoms with Crippen LogP contribution in [0.25, 0.3) is 6.08 Å². The van der Waals surface area contributed by atoms with E-state index in [1.54, 1.807) is 0 Å². The van der Waals surface area contributed by atoms with Crippen molar-refractivity contribution in [1.82, 2.24) is 0 Å². The van der Waals surface area contributed by atoms with Gasteiger partial charge in [0.05, 0.1) is 5.54 Å². The van der Waals surface area contributed by atoms with E-state index in [0.717, 1.165) is 12.1 Å². The lowest BCUT2D eigenvalue weighted by molar-refractivity contribution is -0.390. The molecule has 0 radical (unpaired) electrons. The van der Waals surface area contributed by atoms with Crippen LogP contribution in [0.1, 0.15) is 17.5 Å². The molecule has 0 bridgehead atoms. The first-order chi connectivity index (χ1) is 9.86. The maximum Gasteiger partial charge on any atom is 0.428 e. The molecule has 0 fully saturated rings. The lowest BCUT2D eigenvalue weighted by Gasteiger charge is -2.47. The van der Waals surface area contributed by atoms with Crippen molar-refractivity contribution in [2.75, 3.05) is 5.73 Å². The summed E-state index contributed by atoms with van der Waals surface area (Å²) in [5, 5.41) is 9.66. The molecule has 2 rings (SSSR count). The molecule has 22 heavy (non-hydrogen) atoms. The quantitative estimate of drug-likeness (QED) is 0.549. The van der Waals surface area contributed by atoms with E-state index in [-0.39, 0.29) is 11.3 Å². The van der Waals surface area contributed by atoms with Crippen molar-refractivity contribution in [2.45, 2.75) is 29.9 Å². The first kappa shape index (κ1) is 16.6. The molecule has 0 heterocycles. The molecule has 1 aliphatic carbocycles. The van der Waals surface area contributed by atoms with Crippen LogP contribution in [0.4, 0.5) is 32.0 Å². The number of rotatable bonds is 1. The summed E-state index contributed by atoms with van der Waals surface area (Å²) in [5.74, 6) is 0. The lowest BCUT2D eigenvalue weighted by atomic mass is 9.68. The second-order valence-electron chi connectivity index (χ2n) is 5.09. The highest BCUT2D eigenvalue weighted by Gasteiger charge is 2.79. The van der Waals surface area contributed by atoms with Crippen LogP contribution in [0.15, 0.2) is 24.3 Å². The number of anilines is 1. The minimum atomic E-state index is -6.02. The molecule has 3 nitrogen and oxygen atoms in total. The number of halogens is 6. The van der Waals surface area contributed by atoms with Gasteiger partial charge in [0.15, 0.2) is 0 Å². The van der Waals surface area contributed by atoms with Crippen LogP contribution in [0, 0.1) is 0 Å². The molecule has 0 amide bonds. The van der Waals surface area contributed by atoms with E-state index < -0.39 is 35.5 Å².